The number of likely N-dealkylation sites (tertiary alicyclic amines) is 1. The van der Waals surface area contributed by atoms with Gasteiger partial charge in [0, 0.05) is 36.0 Å². The van der Waals surface area contributed by atoms with E-state index in [1.807, 2.05) is 18.2 Å². The number of rotatable bonds is 0. The van der Waals surface area contributed by atoms with Crippen molar-refractivity contribution in [3.8, 4) is 0 Å². The fourth-order valence-electron chi connectivity index (χ4n) is 2.71. The molecule has 2 heterocycles. The lowest BCUT2D eigenvalue weighted by Crippen LogP contribution is -2.40. The molecule has 0 atom stereocenters. The van der Waals surface area contributed by atoms with Crippen LogP contribution in [0.2, 0.25) is 0 Å². The predicted molar refractivity (Wildman–Crippen MR) is 68.0 cm³/mol. The zero-order valence-corrected chi connectivity index (χ0v) is 11.3. The number of fused-ring (bicyclic) bond motifs is 2. The van der Waals surface area contributed by atoms with Gasteiger partial charge in [0.25, 0.3) is 0 Å². The number of carbonyl (C=O) groups is 1. The fourth-order valence-corrected chi connectivity index (χ4v) is 3.07. The normalized spacial score (nSPS) is 22.6. The van der Waals surface area contributed by atoms with Crippen molar-refractivity contribution in [3.05, 3.63) is 33.8 Å². The molecule has 0 aliphatic carbocycles. The van der Waals surface area contributed by atoms with E-state index in [0.29, 0.717) is 0 Å². The lowest BCUT2D eigenvalue weighted by Gasteiger charge is -2.37. The molecule has 2 aliphatic heterocycles. The molecule has 1 aromatic carbocycles. The molecule has 2 aliphatic rings. The first kappa shape index (κ1) is 11.2. The summed E-state index contributed by atoms with van der Waals surface area (Å²) >= 11 is 3.47. The van der Waals surface area contributed by atoms with Crippen molar-refractivity contribution in [3.63, 3.8) is 0 Å². The molecule has 4 heteroatoms. The molecule has 1 saturated heterocycles. The summed E-state index contributed by atoms with van der Waals surface area (Å²) in [6.45, 7) is 1.94. The van der Waals surface area contributed by atoms with E-state index in [4.69, 9.17) is 4.74 Å². The molecule has 3 rings (SSSR count). The number of hydrogen-bond donors (Lipinski definition) is 0. The Hall–Kier alpha value is -0.870. The van der Waals surface area contributed by atoms with Crippen LogP contribution < -0.4 is 0 Å². The van der Waals surface area contributed by atoms with Gasteiger partial charge in [-0.1, -0.05) is 15.9 Å². The van der Waals surface area contributed by atoms with Crippen LogP contribution in [0.25, 0.3) is 0 Å². The molecule has 1 fully saturated rings. The summed E-state index contributed by atoms with van der Waals surface area (Å²) in [6.07, 6.45) is 1.78. The number of halogens is 1. The van der Waals surface area contributed by atoms with Crippen molar-refractivity contribution in [1.29, 1.82) is 0 Å². The first-order valence-electron chi connectivity index (χ1n) is 5.83. The predicted octanol–water partition coefficient (Wildman–Crippen LogP) is 2.54. The number of benzene rings is 1. The summed E-state index contributed by atoms with van der Waals surface area (Å²) in [5.74, 6) is -0.169. The molecule has 90 valence electrons. The Kier molecular flexibility index (Phi) is 2.52. The highest BCUT2D eigenvalue weighted by Crippen LogP contribution is 2.44. The van der Waals surface area contributed by atoms with Crippen LogP contribution in [0.5, 0.6) is 0 Å². The van der Waals surface area contributed by atoms with Gasteiger partial charge in [-0.15, -0.1) is 0 Å². The van der Waals surface area contributed by atoms with Crippen LogP contribution in [-0.4, -0.2) is 31.0 Å². The van der Waals surface area contributed by atoms with Crippen LogP contribution in [0.15, 0.2) is 22.7 Å². The van der Waals surface area contributed by atoms with Crippen LogP contribution in [0.1, 0.15) is 28.8 Å². The molecular weight excluding hydrogens is 282 g/mol. The molecule has 0 saturated carbocycles. The molecule has 0 N–H and O–H groups in total. The largest absolute Gasteiger partial charge is 0.450 e. The average Bonchev–Trinajstić information content (AvgIpc) is 2.57. The van der Waals surface area contributed by atoms with Gasteiger partial charge >= 0.3 is 5.97 Å². The van der Waals surface area contributed by atoms with Crippen LogP contribution >= 0.6 is 15.9 Å². The van der Waals surface area contributed by atoms with Crippen LogP contribution in [0, 0.1) is 0 Å². The third-order valence-corrected chi connectivity index (χ3v) is 4.27. The highest BCUT2D eigenvalue weighted by molar-refractivity contribution is 9.10. The fraction of sp³-hybridized carbons (Fsp3) is 0.462. The van der Waals surface area contributed by atoms with Gasteiger partial charge in [-0.25, -0.2) is 4.79 Å². The second kappa shape index (κ2) is 3.82. The van der Waals surface area contributed by atoms with Gasteiger partial charge in [-0.3, -0.25) is 0 Å². The van der Waals surface area contributed by atoms with Gasteiger partial charge in [0.05, 0.1) is 5.56 Å². The van der Waals surface area contributed by atoms with Gasteiger partial charge < -0.3 is 9.64 Å². The van der Waals surface area contributed by atoms with Crippen molar-refractivity contribution in [2.75, 3.05) is 20.1 Å². The molecule has 0 bridgehead atoms. The zero-order valence-electron chi connectivity index (χ0n) is 9.70. The van der Waals surface area contributed by atoms with E-state index in [9.17, 15) is 4.79 Å². The molecule has 0 unspecified atom stereocenters. The van der Waals surface area contributed by atoms with Gasteiger partial charge in [0.15, 0.2) is 0 Å². The Balaban J connectivity index is 2.05. The van der Waals surface area contributed by atoms with Crippen molar-refractivity contribution in [2.24, 2.45) is 0 Å². The smallest absolute Gasteiger partial charge is 0.339 e. The Bertz CT molecular complexity index is 478. The van der Waals surface area contributed by atoms with Gasteiger partial charge in [-0.05, 0) is 25.2 Å². The van der Waals surface area contributed by atoms with Crippen LogP contribution in [0.4, 0.5) is 0 Å². The lowest BCUT2D eigenvalue weighted by atomic mass is 9.84. The summed E-state index contributed by atoms with van der Waals surface area (Å²) in [5, 5.41) is 0. The van der Waals surface area contributed by atoms with Crippen LogP contribution in [0.3, 0.4) is 0 Å². The number of nitrogens with zero attached hydrogens (tertiary/aromatic N) is 1. The summed E-state index contributed by atoms with van der Waals surface area (Å²) in [4.78, 5) is 14.2. The third-order valence-electron chi connectivity index (χ3n) is 3.78. The first-order chi connectivity index (χ1) is 8.11. The summed E-state index contributed by atoms with van der Waals surface area (Å²) in [5.41, 5.74) is 1.42. The average molecular weight is 296 g/mol. The number of ether oxygens (including phenoxy) is 1. The Morgan fingerprint density at radius 3 is 2.76 bits per heavy atom. The Labute approximate surface area is 109 Å². The van der Waals surface area contributed by atoms with Gasteiger partial charge in [0.1, 0.15) is 5.60 Å². The molecule has 17 heavy (non-hydrogen) atoms. The van der Waals surface area contributed by atoms with Gasteiger partial charge in [0.2, 0.25) is 0 Å². The lowest BCUT2D eigenvalue weighted by molar-refractivity contribution is -0.0394. The van der Waals surface area contributed by atoms with E-state index in [1.165, 1.54) is 0 Å². The Morgan fingerprint density at radius 1 is 1.35 bits per heavy atom. The molecular formula is C13H14BrNO2. The summed E-state index contributed by atoms with van der Waals surface area (Å²) in [7, 11) is 2.10. The third kappa shape index (κ3) is 1.70. The number of esters is 1. The second-order valence-corrected chi connectivity index (χ2v) is 5.79. The van der Waals surface area contributed by atoms with E-state index in [2.05, 4.69) is 27.9 Å². The molecule has 0 amide bonds. The van der Waals surface area contributed by atoms with Crippen molar-refractivity contribution in [1.82, 2.24) is 4.90 Å². The van der Waals surface area contributed by atoms with Crippen molar-refractivity contribution in [2.45, 2.75) is 18.4 Å². The zero-order chi connectivity index (χ0) is 12.0. The topological polar surface area (TPSA) is 29.5 Å². The maximum absolute atomic E-state index is 11.9. The highest BCUT2D eigenvalue weighted by atomic mass is 79.9. The molecule has 0 radical (unpaired) electrons. The standard InChI is InChI=1S/C13H14BrNO2/c1-15-6-4-13(5-7-15)11-8-9(14)2-3-10(11)12(16)17-13/h2-3,8H,4-7H2,1H3. The van der Waals surface area contributed by atoms with E-state index < -0.39 is 0 Å². The monoisotopic (exact) mass is 295 g/mol. The SMILES string of the molecule is CN1CCC2(CC1)OC(=O)c1ccc(Br)cc12. The molecule has 1 aromatic rings. The first-order valence-corrected chi connectivity index (χ1v) is 6.62. The highest BCUT2D eigenvalue weighted by Gasteiger charge is 2.46. The quantitative estimate of drug-likeness (QED) is 0.689. The minimum atomic E-state index is -0.372. The van der Waals surface area contributed by atoms with E-state index in [1.54, 1.807) is 0 Å². The minimum Gasteiger partial charge on any atom is -0.450 e. The summed E-state index contributed by atoms with van der Waals surface area (Å²) in [6, 6.07) is 5.79. The van der Waals surface area contributed by atoms with E-state index in [-0.39, 0.29) is 11.6 Å². The van der Waals surface area contributed by atoms with Crippen molar-refractivity contribution >= 4 is 21.9 Å². The van der Waals surface area contributed by atoms with E-state index >= 15 is 0 Å². The minimum absolute atomic E-state index is 0.169. The molecule has 0 aromatic heterocycles. The second-order valence-electron chi connectivity index (χ2n) is 4.88. The van der Waals surface area contributed by atoms with Gasteiger partial charge in [-0.2, -0.15) is 0 Å². The number of hydrogen-bond acceptors (Lipinski definition) is 3. The number of piperidine rings is 1. The molecule has 3 nitrogen and oxygen atoms in total. The summed E-state index contributed by atoms with van der Waals surface area (Å²) < 4.78 is 6.68. The van der Waals surface area contributed by atoms with Crippen LogP contribution in [-0.2, 0) is 10.3 Å². The maximum atomic E-state index is 11.9. The van der Waals surface area contributed by atoms with E-state index in [0.717, 1.165) is 41.5 Å². The maximum Gasteiger partial charge on any atom is 0.339 e. The Morgan fingerprint density at radius 2 is 2.06 bits per heavy atom. The number of carbonyl (C=O) groups excluding carboxylic acids is 1. The van der Waals surface area contributed by atoms with Crippen molar-refractivity contribution < 1.29 is 9.53 Å². The molecule has 1 spiro atoms.